The molecule has 0 saturated heterocycles. The number of nitrogens with two attached hydrogens (primary N) is 1. The third-order valence-electron chi connectivity index (χ3n) is 2.17. The van der Waals surface area contributed by atoms with Crippen molar-refractivity contribution in [3.8, 4) is 5.75 Å². The summed E-state index contributed by atoms with van der Waals surface area (Å²) < 4.78 is 5.67. The Morgan fingerprint density at radius 2 is 2.12 bits per heavy atom. The number of benzene rings is 1. The van der Waals surface area contributed by atoms with Gasteiger partial charge in [-0.3, -0.25) is 0 Å². The smallest absolute Gasteiger partial charge is 0.119 e. The van der Waals surface area contributed by atoms with Gasteiger partial charge in [0.15, 0.2) is 0 Å². The standard InChI is InChI=1S/C14H23NOS/c1-12-6-4-7-13(10-12)16-8-5-9-17-11-14(2,3)15/h4,6-7,10H,5,8-9,11,15H2,1-3H3. The lowest BCUT2D eigenvalue weighted by atomic mass is 10.1. The monoisotopic (exact) mass is 253 g/mol. The van der Waals surface area contributed by atoms with Gasteiger partial charge in [0, 0.05) is 11.3 Å². The molecular weight excluding hydrogens is 230 g/mol. The molecule has 96 valence electrons. The minimum atomic E-state index is -0.0674. The molecule has 1 rings (SSSR count). The Morgan fingerprint density at radius 3 is 2.76 bits per heavy atom. The van der Waals surface area contributed by atoms with Gasteiger partial charge in [-0.2, -0.15) is 11.8 Å². The van der Waals surface area contributed by atoms with Crippen LogP contribution in [0.2, 0.25) is 0 Å². The highest BCUT2D eigenvalue weighted by Crippen LogP contribution is 2.14. The first kappa shape index (κ1) is 14.4. The lowest BCUT2D eigenvalue weighted by Crippen LogP contribution is -2.34. The van der Waals surface area contributed by atoms with Gasteiger partial charge in [-0.05, 0) is 50.6 Å². The molecule has 0 spiro atoms. The highest BCUT2D eigenvalue weighted by Gasteiger charge is 2.09. The van der Waals surface area contributed by atoms with Crippen molar-refractivity contribution in [2.75, 3.05) is 18.1 Å². The van der Waals surface area contributed by atoms with E-state index in [9.17, 15) is 0 Å². The van der Waals surface area contributed by atoms with Crippen LogP contribution >= 0.6 is 11.8 Å². The van der Waals surface area contributed by atoms with Crippen molar-refractivity contribution in [1.29, 1.82) is 0 Å². The Morgan fingerprint density at radius 1 is 1.35 bits per heavy atom. The molecule has 1 aromatic carbocycles. The van der Waals surface area contributed by atoms with Crippen LogP contribution in [0.3, 0.4) is 0 Å². The van der Waals surface area contributed by atoms with Crippen LogP contribution in [0, 0.1) is 6.92 Å². The molecule has 0 amide bonds. The number of ether oxygens (including phenoxy) is 1. The Balaban J connectivity index is 2.09. The minimum absolute atomic E-state index is 0.0674. The van der Waals surface area contributed by atoms with Gasteiger partial charge >= 0.3 is 0 Å². The van der Waals surface area contributed by atoms with E-state index in [1.165, 1.54) is 5.56 Å². The molecule has 2 N–H and O–H groups in total. The summed E-state index contributed by atoms with van der Waals surface area (Å²) in [6.45, 7) is 6.97. The Hall–Kier alpha value is -0.670. The molecule has 0 bridgehead atoms. The quantitative estimate of drug-likeness (QED) is 0.758. The maximum absolute atomic E-state index is 5.91. The first-order chi connectivity index (χ1) is 7.97. The van der Waals surface area contributed by atoms with E-state index in [2.05, 4.69) is 32.9 Å². The van der Waals surface area contributed by atoms with E-state index in [4.69, 9.17) is 10.5 Å². The third-order valence-corrected chi connectivity index (χ3v) is 3.69. The maximum Gasteiger partial charge on any atom is 0.119 e. The topological polar surface area (TPSA) is 35.2 Å². The summed E-state index contributed by atoms with van der Waals surface area (Å²) >= 11 is 1.89. The normalized spacial score (nSPS) is 11.5. The second-order valence-electron chi connectivity index (χ2n) is 5.06. The molecule has 0 aliphatic rings. The summed E-state index contributed by atoms with van der Waals surface area (Å²) in [7, 11) is 0. The van der Waals surface area contributed by atoms with Crippen molar-refractivity contribution in [3.05, 3.63) is 29.8 Å². The molecular formula is C14H23NOS. The SMILES string of the molecule is Cc1cccc(OCCCSCC(C)(C)N)c1. The molecule has 2 nitrogen and oxygen atoms in total. The van der Waals surface area contributed by atoms with Crippen molar-refractivity contribution in [2.45, 2.75) is 32.7 Å². The summed E-state index contributed by atoms with van der Waals surface area (Å²) in [6, 6.07) is 8.17. The number of rotatable bonds is 7. The van der Waals surface area contributed by atoms with Crippen molar-refractivity contribution < 1.29 is 4.74 Å². The maximum atomic E-state index is 5.91. The minimum Gasteiger partial charge on any atom is -0.494 e. The van der Waals surface area contributed by atoms with E-state index in [1.807, 2.05) is 23.9 Å². The fourth-order valence-electron chi connectivity index (χ4n) is 1.39. The van der Waals surface area contributed by atoms with Crippen LogP contribution in [0.15, 0.2) is 24.3 Å². The zero-order valence-corrected chi connectivity index (χ0v) is 11.8. The van der Waals surface area contributed by atoms with Crippen LogP contribution in [0.5, 0.6) is 5.75 Å². The van der Waals surface area contributed by atoms with Gasteiger partial charge in [-0.15, -0.1) is 0 Å². The lowest BCUT2D eigenvalue weighted by molar-refractivity contribution is 0.318. The fraction of sp³-hybridized carbons (Fsp3) is 0.571. The molecule has 1 aromatic rings. The van der Waals surface area contributed by atoms with Gasteiger partial charge < -0.3 is 10.5 Å². The van der Waals surface area contributed by atoms with Crippen molar-refractivity contribution >= 4 is 11.8 Å². The van der Waals surface area contributed by atoms with Gasteiger partial charge in [0.1, 0.15) is 5.75 Å². The van der Waals surface area contributed by atoms with Gasteiger partial charge in [-0.1, -0.05) is 12.1 Å². The number of thioether (sulfide) groups is 1. The van der Waals surface area contributed by atoms with Gasteiger partial charge in [0.2, 0.25) is 0 Å². The molecule has 0 fully saturated rings. The third kappa shape index (κ3) is 7.29. The van der Waals surface area contributed by atoms with E-state index >= 15 is 0 Å². The molecule has 0 unspecified atom stereocenters. The Kier molecular flexibility index (Phi) is 5.86. The van der Waals surface area contributed by atoms with Crippen molar-refractivity contribution in [1.82, 2.24) is 0 Å². The van der Waals surface area contributed by atoms with Crippen LogP contribution < -0.4 is 10.5 Å². The lowest BCUT2D eigenvalue weighted by Gasteiger charge is -2.17. The van der Waals surface area contributed by atoms with Crippen LogP contribution in [0.4, 0.5) is 0 Å². The summed E-state index contributed by atoms with van der Waals surface area (Å²) in [5, 5.41) is 0. The molecule has 0 radical (unpaired) electrons. The molecule has 3 heteroatoms. The first-order valence-corrected chi connectivity index (χ1v) is 7.19. The number of hydrogen-bond acceptors (Lipinski definition) is 3. The van der Waals surface area contributed by atoms with E-state index in [0.29, 0.717) is 0 Å². The van der Waals surface area contributed by atoms with E-state index in [1.54, 1.807) is 0 Å². The highest BCUT2D eigenvalue weighted by atomic mass is 32.2. The van der Waals surface area contributed by atoms with Crippen LogP contribution in [0.25, 0.3) is 0 Å². The zero-order chi connectivity index (χ0) is 12.7. The van der Waals surface area contributed by atoms with Crippen LogP contribution in [-0.2, 0) is 0 Å². The van der Waals surface area contributed by atoms with Gasteiger partial charge in [-0.25, -0.2) is 0 Å². The number of hydrogen-bond donors (Lipinski definition) is 1. The molecule has 0 aliphatic carbocycles. The van der Waals surface area contributed by atoms with E-state index < -0.39 is 0 Å². The summed E-state index contributed by atoms with van der Waals surface area (Å²) in [5.74, 6) is 3.07. The average Bonchev–Trinajstić information content (AvgIpc) is 2.22. The van der Waals surface area contributed by atoms with Gasteiger partial charge in [0.05, 0.1) is 6.61 Å². The van der Waals surface area contributed by atoms with Crippen LogP contribution in [0.1, 0.15) is 25.8 Å². The second-order valence-corrected chi connectivity index (χ2v) is 6.16. The fourth-order valence-corrected chi connectivity index (χ4v) is 2.38. The molecule has 0 saturated carbocycles. The Labute approximate surface area is 109 Å². The summed E-state index contributed by atoms with van der Waals surface area (Å²) in [6.07, 6.45) is 1.06. The second kappa shape index (κ2) is 6.92. The Bertz CT molecular complexity index is 333. The first-order valence-electron chi connectivity index (χ1n) is 6.03. The molecule has 0 aliphatic heterocycles. The molecule has 0 aromatic heterocycles. The molecule has 0 atom stereocenters. The van der Waals surface area contributed by atoms with Crippen molar-refractivity contribution in [3.63, 3.8) is 0 Å². The summed E-state index contributed by atoms with van der Waals surface area (Å²) in [4.78, 5) is 0. The van der Waals surface area contributed by atoms with E-state index in [-0.39, 0.29) is 5.54 Å². The summed E-state index contributed by atoms with van der Waals surface area (Å²) in [5.41, 5.74) is 7.08. The van der Waals surface area contributed by atoms with Crippen LogP contribution in [-0.4, -0.2) is 23.7 Å². The van der Waals surface area contributed by atoms with Crippen molar-refractivity contribution in [2.24, 2.45) is 5.73 Å². The predicted molar refractivity (Wildman–Crippen MR) is 76.9 cm³/mol. The largest absolute Gasteiger partial charge is 0.494 e. The zero-order valence-electron chi connectivity index (χ0n) is 11.0. The number of aryl methyl sites for hydroxylation is 1. The molecule has 0 heterocycles. The van der Waals surface area contributed by atoms with E-state index in [0.717, 1.165) is 30.3 Å². The predicted octanol–water partition coefficient (Wildman–Crippen LogP) is 3.23. The average molecular weight is 253 g/mol. The molecule has 17 heavy (non-hydrogen) atoms. The van der Waals surface area contributed by atoms with Gasteiger partial charge in [0.25, 0.3) is 0 Å². The highest BCUT2D eigenvalue weighted by molar-refractivity contribution is 7.99.